The lowest BCUT2D eigenvalue weighted by molar-refractivity contribution is 0.291. The van der Waals surface area contributed by atoms with Crippen molar-refractivity contribution >= 4 is 16.0 Å². The molecule has 0 bridgehead atoms. The van der Waals surface area contributed by atoms with E-state index in [1.807, 2.05) is 0 Å². The van der Waals surface area contributed by atoms with Gasteiger partial charge in [0.15, 0.2) is 0 Å². The smallest absolute Gasteiger partial charge is 0.336 e. The van der Waals surface area contributed by atoms with Crippen molar-refractivity contribution in [2.24, 2.45) is 5.18 Å². The van der Waals surface area contributed by atoms with E-state index in [-0.39, 0.29) is 18.0 Å². The molecule has 19 heavy (non-hydrogen) atoms. The zero-order valence-corrected chi connectivity index (χ0v) is 11.5. The maximum Gasteiger partial charge on any atom is 0.336 e. The van der Waals surface area contributed by atoms with Crippen molar-refractivity contribution < 1.29 is 18.1 Å². The van der Waals surface area contributed by atoms with Gasteiger partial charge in [0, 0.05) is 6.54 Å². The van der Waals surface area contributed by atoms with E-state index in [1.165, 1.54) is 18.2 Å². The summed E-state index contributed by atoms with van der Waals surface area (Å²) in [5.74, 6) is -0.322. The SMILES string of the molecule is CCC(c1ccc(N=O)c(O)c1)N(CC)S(=O)(=O)O. The molecule has 1 rings (SSSR count). The average molecular weight is 288 g/mol. The van der Waals surface area contributed by atoms with Gasteiger partial charge in [-0.2, -0.15) is 12.7 Å². The Morgan fingerprint density at radius 3 is 2.37 bits per heavy atom. The van der Waals surface area contributed by atoms with Crippen LogP contribution >= 0.6 is 0 Å². The minimum Gasteiger partial charge on any atom is -0.506 e. The molecular weight excluding hydrogens is 272 g/mol. The number of nitrogens with zero attached hydrogens (tertiary/aromatic N) is 2. The lowest BCUT2D eigenvalue weighted by Crippen LogP contribution is -2.34. The number of hydrogen-bond donors (Lipinski definition) is 2. The highest BCUT2D eigenvalue weighted by molar-refractivity contribution is 7.83. The average Bonchev–Trinajstić information content (AvgIpc) is 2.34. The largest absolute Gasteiger partial charge is 0.506 e. The van der Waals surface area contributed by atoms with Gasteiger partial charge in [0.2, 0.25) is 0 Å². The Bertz CT molecular complexity index is 558. The summed E-state index contributed by atoms with van der Waals surface area (Å²) in [6, 6.07) is 3.46. The standard InChI is InChI=1S/C11H16N2O5S/c1-3-10(13(4-2)19(16,17)18)8-5-6-9(12-15)11(14)7-8/h5-7,10,14H,3-4H2,1-2H3,(H,16,17,18). The summed E-state index contributed by atoms with van der Waals surface area (Å²) in [6.07, 6.45) is 0.404. The molecule has 0 heterocycles. The maximum atomic E-state index is 11.3. The monoisotopic (exact) mass is 288 g/mol. The van der Waals surface area contributed by atoms with Crippen LogP contribution in [0.25, 0.3) is 0 Å². The Hall–Kier alpha value is -1.51. The van der Waals surface area contributed by atoms with Crippen LogP contribution in [0.3, 0.4) is 0 Å². The molecule has 0 radical (unpaired) electrons. The third-order valence-electron chi connectivity index (χ3n) is 2.82. The van der Waals surface area contributed by atoms with E-state index in [0.29, 0.717) is 12.0 Å². The molecule has 0 saturated heterocycles. The normalized spacial score (nSPS) is 13.5. The summed E-state index contributed by atoms with van der Waals surface area (Å²) in [4.78, 5) is 10.4. The summed E-state index contributed by atoms with van der Waals surface area (Å²) in [6.45, 7) is 3.44. The third kappa shape index (κ3) is 3.49. The van der Waals surface area contributed by atoms with Gasteiger partial charge in [0.05, 0.1) is 6.04 Å². The van der Waals surface area contributed by atoms with Crippen LogP contribution in [0.5, 0.6) is 5.75 Å². The second kappa shape index (κ2) is 6.09. The van der Waals surface area contributed by atoms with Crippen molar-refractivity contribution in [2.45, 2.75) is 26.3 Å². The number of hydrogen-bond acceptors (Lipinski definition) is 5. The van der Waals surface area contributed by atoms with Crippen LogP contribution in [0.15, 0.2) is 23.4 Å². The molecule has 0 spiro atoms. The molecule has 1 aromatic rings. The predicted octanol–water partition coefficient (Wildman–Crippen LogP) is 2.37. The Morgan fingerprint density at radius 2 is 2.00 bits per heavy atom. The Morgan fingerprint density at radius 1 is 1.37 bits per heavy atom. The van der Waals surface area contributed by atoms with E-state index in [0.717, 1.165) is 4.31 Å². The van der Waals surface area contributed by atoms with Crippen molar-refractivity contribution in [2.75, 3.05) is 6.54 Å². The van der Waals surface area contributed by atoms with Crippen molar-refractivity contribution in [3.8, 4) is 5.75 Å². The van der Waals surface area contributed by atoms with Gasteiger partial charge in [-0.25, -0.2) is 0 Å². The molecule has 0 aliphatic heterocycles. The van der Waals surface area contributed by atoms with Crippen molar-refractivity contribution in [3.63, 3.8) is 0 Å². The lowest BCUT2D eigenvalue weighted by atomic mass is 10.0. The van der Waals surface area contributed by atoms with E-state index in [4.69, 9.17) is 0 Å². The number of benzene rings is 1. The third-order valence-corrected chi connectivity index (χ3v) is 3.93. The molecule has 0 amide bonds. The van der Waals surface area contributed by atoms with Crippen molar-refractivity contribution in [1.82, 2.24) is 4.31 Å². The zero-order valence-electron chi connectivity index (χ0n) is 10.6. The van der Waals surface area contributed by atoms with Crippen LogP contribution < -0.4 is 0 Å². The molecule has 0 aromatic heterocycles. The Labute approximate surface area is 111 Å². The van der Waals surface area contributed by atoms with Gasteiger partial charge in [0.1, 0.15) is 11.4 Å². The second-order valence-electron chi connectivity index (χ2n) is 3.94. The van der Waals surface area contributed by atoms with Gasteiger partial charge in [-0.1, -0.05) is 19.9 Å². The fourth-order valence-electron chi connectivity index (χ4n) is 1.97. The van der Waals surface area contributed by atoms with E-state index in [2.05, 4.69) is 5.18 Å². The fraction of sp³-hybridized carbons (Fsp3) is 0.455. The van der Waals surface area contributed by atoms with Gasteiger partial charge in [0.25, 0.3) is 0 Å². The van der Waals surface area contributed by atoms with E-state index >= 15 is 0 Å². The quantitative estimate of drug-likeness (QED) is 0.617. The van der Waals surface area contributed by atoms with E-state index in [1.54, 1.807) is 13.8 Å². The first-order valence-corrected chi connectivity index (χ1v) is 7.15. The summed E-state index contributed by atoms with van der Waals surface area (Å²) < 4.78 is 32.7. The molecule has 7 nitrogen and oxygen atoms in total. The van der Waals surface area contributed by atoms with Crippen LogP contribution in [0, 0.1) is 4.91 Å². The van der Waals surface area contributed by atoms with E-state index < -0.39 is 16.3 Å². The number of nitroso groups, excluding NO2 is 1. The first-order chi connectivity index (χ1) is 8.85. The van der Waals surface area contributed by atoms with E-state index in [9.17, 15) is 23.0 Å². The fourth-order valence-corrected chi connectivity index (χ4v) is 2.89. The van der Waals surface area contributed by atoms with Gasteiger partial charge in [-0.05, 0) is 29.3 Å². The molecule has 0 fully saturated rings. The molecule has 0 aliphatic carbocycles. The van der Waals surface area contributed by atoms with Crippen molar-refractivity contribution in [3.05, 3.63) is 28.7 Å². The minimum absolute atomic E-state index is 0.0891. The topological polar surface area (TPSA) is 107 Å². The number of rotatable bonds is 6. The highest BCUT2D eigenvalue weighted by Crippen LogP contribution is 2.33. The molecule has 1 atom stereocenters. The Kier molecular flexibility index (Phi) is 4.98. The molecule has 2 N–H and O–H groups in total. The summed E-state index contributed by atoms with van der Waals surface area (Å²) in [5, 5.41) is 12.2. The van der Waals surface area contributed by atoms with Crippen LogP contribution in [0.4, 0.5) is 5.69 Å². The van der Waals surface area contributed by atoms with Gasteiger partial charge < -0.3 is 5.11 Å². The molecule has 106 valence electrons. The number of phenolic OH excluding ortho intramolecular Hbond substituents is 1. The summed E-state index contributed by atoms with van der Waals surface area (Å²) in [7, 11) is -4.34. The molecule has 8 heteroatoms. The molecular formula is C11H16N2O5S. The molecule has 1 unspecified atom stereocenters. The highest BCUT2D eigenvalue weighted by Gasteiger charge is 2.27. The maximum absolute atomic E-state index is 11.3. The van der Waals surface area contributed by atoms with Gasteiger partial charge in [-0.3, -0.25) is 4.55 Å². The molecule has 1 aromatic carbocycles. The molecule has 0 aliphatic rings. The molecule has 0 saturated carbocycles. The van der Waals surface area contributed by atoms with Crippen molar-refractivity contribution in [1.29, 1.82) is 0 Å². The first-order valence-electron chi connectivity index (χ1n) is 5.75. The first kappa shape index (κ1) is 15.5. The van der Waals surface area contributed by atoms with Crippen LogP contribution in [-0.4, -0.2) is 28.9 Å². The highest BCUT2D eigenvalue weighted by atomic mass is 32.2. The van der Waals surface area contributed by atoms with Gasteiger partial charge >= 0.3 is 10.3 Å². The Balaban J connectivity index is 3.23. The van der Waals surface area contributed by atoms with Crippen LogP contribution in [0.1, 0.15) is 31.9 Å². The lowest BCUT2D eigenvalue weighted by Gasteiger charge is -2.26. The summed E-state index contributed by atoms with van der Waals surface area (Å²) in [5.41, 5.74) is 0.361. The summed E-state index contributed by atoms with van der Waals surface area (Å²) >= 11 is 0. The zero-order chi connectivity index (χ0) is 14.6. The van der Waals surface area contributed by atoms with Crippen LogP contribution in [-0.2, 0) is 10.3 Å². The number of aromatic hydroxyl groups is 1. The van der Waals surface area contributed by atoms with Crippen LogP contribution in [0.2, 0.25) is 0 Å². The second-order valence-corrected chi connectivity index (χ2v) is 5.31. The van der Waals surface area contributed by atoms with Gasteiger partial charge in [-0.15, -0.1) is 4.91 Å². The number of phenols is 1. The predicted molar refractivity (Wildman–Crippen MR) is 70.5 cm³/mol. The minimum atomic E-state index is -4.34.